The Bertz CT molecular complexity index is 763. The third kappa shape index (κ3) is 6.78. The first kappa shape index (κ1) is 22.2. The molecule has 0 spiro atoms. The second-order valence-electron chi connectivity index (χ2n) is 7.69. The van der Waals surface area contributed by atoms with E-state index >= 15 is 0 Å². The summed E-state index contributed by atoms with van der Waals surface area (Å²) < 4.78 is 0. The Morgan fingerprint density at radius 2 is 1.90 bits per heavy atom. The van der Waals surface area contributed by atoms with Crippen molar-refractivity contribution in [3.63, 3.8) is 0 Å². The lowest BCUT2D eigenvalue weighted by Gasteiger charge is -2.35. The number of hydrogen-bond acceptors (Lipinski definition) is 5. The molecule has 0 aromatic heterocycles. The summed E-state index contributed by atoms with van der Waals surface area (Å²) in [6.45, 7) is 4.97. The summed E-state index contributed by atoms with van der Waals surface area (Å²) in [6.07, 6.45) is 0.428. The van der Waals surface area contributed by atoms with Gasteiger partial charge in [0.1, 0.15) is 5.84 Å². The molecule has 0 aliphatic carbocycles. The van der Waals surface area contributed by atoms with Crippen molar-refractivity contribution in [3.8, 4) is 0 Å². The number of amidine groups is 1. The highest BCUT2D eigenvalue weighted by Gasteiger charge is 2.27. The van der Waals surface area contributed by atoms with Crippen LogP contribution in [0.3, 0.4) is 0 Å². The largest absolute Gasteiger partial charge is 0.481 e. The number of carbonyl (C=O) groups is 3. The standard InChI is InChI=1S/C20H29N5O4/c1-13(2)9-15(10-19(28)29)23-17(26)11-25-8-7-24(12-18(25)27)16-5-3-14(4-6-16)20(21)22/h3-6,13,15H,7-12H2,1-2H3,(H3,21,22)(H,23,26)(H,28,29). The van der Waals surface area contributed by atoms with Crippen molar-refractivity contribution in [2.75, 3.05) is 31.1 Å². The third-order valence-corrected chi connectivity index (χ3v) is 4.74. The average molecular weight is 403 g/mol. The predicted molar refractivity (Wildman–Crippen MR) is 110 cm³/mol. The molecule has 9 heteroatoms. The number of anilines is 1. The van der Waals surface area contributed by atoms with E-state index in [9.17, 15) is 14.4 Å². The minimum Gasteiger partial charge on any atom is -0.481 e. The topological polar surface area (TPSA) is 140 Å². The number of nitrogen functional groups attached to an aromatic ring is 1. The molecular weight excluding hydrogens is 374 g/mol. The van der Waals surface area contributed by atoms with Gasteiger partial charge in [-0.05, 0) is 36.6 Å². The highest BCUT2D eigenvalue weighted by molar-refractivity contribution is 5.95. The quantitative estimate of drug-likeness (QED) is 0.352. The fourth-order valence-electron chi connectivity index (χ4n) is 3.37. The van der Waals surface area contributed by atoms with Crippen molar-refractivity contribution in [1.82, 2.24) is 10.2 Å². The van der Waals surface area contributed by atoms with Gasteiger partial charge < -0.3 is 26.0 Å². The molecule has 29 heavy (non-hydrogen) atoms. The Morgan fingerprint density at radius 3 is 2.41 bits per heavy atom. The van der Waals surface area contributed by atoms with E-state index in [4.69, 9.17) is 16.2 Å². The molecule has 0 radical (unpaired) electrons. The van der Waals surface area contributed by atoms with Crippen LogP contribution in [0.25, 0.3) is 0 Å². The molecule has 5 N–H and O–H groups in total. The summed E-state index contributed by atoms with van der Waals surface area (Å²) in [5, 5.41) is 19.2. The highest BCUT2D eigenvalue weighted by Crippen LogP contribution is 2.18. The van der Waals surface area contributed by atoms with Crippen LogP contribution in [0.15, 0.2) is 24.3 Å². The first-order valence-corrected chi connectivity index (χ1v) is 9.64. The SMILES string of the molecule is CC(C)CC(CC(=O)O)NC(=O)CN1CCN(c2ccc(C(=N)N)cc2)CC1=O. The van der Waals surface area contributed by atoms with E-state index in [0.717, 1.165) is 5.69 Å². The molecule has 158 valence electrons. The van der Waals surface area contributed by atoms with Crippen molar-refractivity contribution in [1.29, 1.82) is 5.41 Å². The molecule has 1 aromatic rings. The fraction of sp³-hybridized carbons (Fsp3) is 0.500. The Morgan fingerprint density at radius 1 is 1.24 bits per heavy atom. The zero-order valence-corrected chi connectivity index (χ0v) is 16.9. The van der Waals surface area contributed by atoms with Crippen LogP contribution in [0.2, 0.25) is 0 Å². The summed E-state index contributed by atoms with van der Waals surface area (Å²) in [4.78, 5) is 39.2. The summed E-state index contributed by atoms with van der Waals surface area (Å²) in [6, 6.07) is 6.65. The van der Waals surface area contributed by atoms with Crippen LogP contribution >= 0.6 is 0 Å². The van der Waals surface area contributed by atoms with Crippen LogP contribution in [0, 0.1) is 11.3 Å². The number of carboxylic acids is 1. The van der Waals surface area contributed by atoms with Crippen LogP contribution in [0.1, 0.15) is 32.3 Å². The highest BCUT2D eigenvalue weighted by atomic mass is 16.4. The summed E-state index contributed by atoms with van der Waals surface area (Å²) in [5.41, 5.74) is 6.93. The summed E-state index contributed by atoms with van der Waals surface area (Å²) in [7, 11) is 0. The van der Waals surface area contributed by atoms with Crippen LogP contribution in [0.5, 0.6) is 0 Å². The second-order valence-corrected chi connectivity index (χ2v) is 7.69. The van der Waals surface area contributed by atoms with E-state index in [0.29, 0.717) is 25.1 Å². The first-order chi connectivity index (χ1) is 13.7. The number of carbonyl (C=O) groups excluding carboxylic acids is 2. The molecule has 1 fully saturated rings. The average Bonchev–Trinajstić information content (AvgIpc) is 2.62. The second kappa shape index (κ2) is 9.90. The molecule has 2 amide bonds. The van der Waals surface area contributed by atoms with Crippen LogP contribution in [0.4, 0.5) is 5.69 Å². The minimum atomic E-state index is -0.962. The zero-order chi connectivity index (χ0) is 21.6. The van der Waals surface area contributed by atoms with Gasteiger partial charge in [-0.15, -0.1) is 0 Å². The van der Waals surface area contributed by atoms with Crippen molar-refractivity contribution >= 4 is 29.3 Å². The number of rotatable bonds is 9. The lowest BCUT2D eigenvalue weighted by Crippen LogP contribution is -2.54. The van der Waals surface area contributed by atoms with Gasteiger partial charge in [0.15, 0.2) is 0 Å². The first-order valence-electron chi connectivity index (χ1n) is 9.64. The van der Waals surface area contributed by atoms with Gasteiger partial charge in [0, 0.05) is 30.4 Å². The number of nitrogens with two attached hydrogens (primary N) is 1. The number of aliphatic carboxylic acids is 1. The molecule has 0 bridgehead atoms. The Balaban J connectivity index is 1.90. The van der Waals surface area contributed by atoms with Crippen molar-refractivity contribution in [3.05, 3.63) is 29.8 Å². The number of hydrogen-bond donors (Lipinski definition) is 4. The van der Waals surface area contributed by atoms with E-state index < -0.39 is 12.0 Å². The number of piperazine rings is 1. The number of nitrogens with one attached hydrogen (secondary N) is 2. The molecular formula is C20H29N5O4. The maximum atomic E-state index is 12.5. The molecule has 1 heterocycles. The minimum absolute atomic E-state index is 0.0119. The van der Waals surface area contributed by atoms with Crippen LogP contribution < -0.4 is 16.0 Å². The van der Waals surface area contributed by atoms with Gasteiger partial charge >= 0.3 is 5.97 Å². The fourth-order valence-corrected chi connectivity index (χ4v) is 3.37. The predicted octanol–water partition coefficient (Wildman–Crippen LogP) is 0.625. The van der Waals surface area contributed by atoms with Gasteiger partial charge in [0.2, 0.25) is 11.8 Å². The molecule has 1 saturated heterocycles. The van der Waals surface area contributed by atoms with E-state index in [1.54, 1.807) is 12.1 Å². The van der Waals surface area contributed by atoms with Gasteiger partial charge in [-0.25, -0.2) is 0 Å². The normalized spacial score (nSPS) is 15.3. The zero-order valence-electron chi connectivity index (χ0n) is 16.9. The van der Waals surface area contributed by atoms with Gasteiger partial charge in [-0.1, -0.05) is 13.8 Å². The van der Waals surface area contributed by atoms with E-state index in [-0.39, 0.29) is 43.1 Å². The maximum Gasteiger partial charge on any atom is 0.305 e. The maximum absolute atomic E-state index is 12.5. The van der Waals surface area contributed by atoms with E-state index in [2.05, 4.69) is 5.32 Å². The Labute approximate surface area is 170 Å². The number of amides is 2. The van der Waals surface area contributed by atoms with Gasteiger partial charge in [-0.3, -0.25) is 19.8 Å². The van der Waals surface area contributed by atoms with Gasteiger partial charge in [0.05, 0.1) is 19.5 Å². The molecule has 0 saturated carbocycles. The van der Waals surface area contributed by atoms with Crippen LogP contribution in [-0.2, 0) is 14.4 Å². The van der Waals surface area contributed by atoms with Crippen molar-refractivity contribution in [2.24, 2.45) is 11.7 Å². The Hall–Kier alpha value is -3.10. The molecule has 1 aromatic carbocycles. The number of benzene rings is 1. The summed E-state index contributed by atoms with van der Waals surface area (Å²) in [5.74, 6) is -1.23. The van der Waals surface area contributed by atoms with Gasteiger partial charge in [0.25, 0.3) is 0 Å². The molecule has 2 rings (SSSR count). The number of carboxylic acid groups (broad SMARTS) is 1. The smallest absolute Gasteiger partial charge is 0.305 e. The molecule has 1 aliphatic heterocycles. The molecule has 1 atom stereocenters. The van der Waals surface area contributed by atoms with E-state index in [1.807, 2.05) is 30.9 Å². The lowest BCUT2D eigenvalue weighted by molar-refractivity contribution is -0.139. The summed E-state index contributed by atoms with van der Waals surface area (Å²) >= 11 is 0. The van der Waals surface area contributed by atoms with E-state index in [1.165, 1.54) is 4.90 Å². The van der Waals surface area contributed by atoms with Gasteiger partial charge in [-0.2, -0.15) is 0 Å². The molecule has 1 unspecified atom stereocenters. The van der Waals surface area contributed by atoms with Crippen molar-refractivity contribution < 1.29 is 19.5 Å². The molecule has 9 nitrogen and oxygen atoms in total. The Kier molecular flexibility index (Phi) is 7.58. The lowest BCUT2D eigenvalue weighted by atomic mass is 10.0. The van der Waals surface area contributed by atoms with Crippen LogP contribution in [-0.4, -0.2) is 65.8 Å². The third-order valence-electron chi connectivity index (χ3n) is 4.74. The molecule has 1 aliphatic rings. The monoisotopic (exact) mass is 403 g/mol. The van der Waals surface area contributed by atoms with Crippen molar-refractivity contribution in [2.45, 2.75) is 32.7 Å². The number of nitrogens with zero attached hydrogens (tertiary/aromatic N) is 2.